The molecule has 2 aromatic carbocycles. The molecule has 0 bridgehead atoms. The molecule has 0 radical (unpaired) electrons. The summed E-state index contributed by atoms with van der Waals surface area (Å²) in [4.78, 5) is 0. The van der Waals surface area contributed by atoms with Crippen LogP contribution in [0.25, 0.3) is 0 Å². The highest BCUT2D eigenvalue weighted by Crippen LogP contribution is 2.35. The Labute approximate surface area is 152 Å². The summed E-state index contributed by atoms with van der Waals surface area (Å²) in [6.45, 7) is 0. The van der Waals surface area contributed by atoms with Gasteiger partial charge in [0.15, 0.2) is 0 Å². The molecule has 0 N–H and O–H groups in total. The van der Waals surface area contributed by atoms with Crippen molar-refractivity contribution in [2.45, 2.75) is 12.5 Å². The summed E-state index contributed by atoms with van der Waals surface area (Å²) in [6.07, 6.45) is 1.74. The van der Waals surface area contributed by atoms with E-state index in [2.05, 4.69) is 37.0 Å². The Morgan fingerprint density at radius 2 is 1.52 bits per heavy atom. The topological polar surface area (TPSA) is 49.7 Å². The van der Waals surface area contributed by atoms with Crippen molar-refractivity contribution in [2.75, 3.05) is 6.26 Å². The highest BCUT2D eigenvalue weighted by molar-refractivity contribution is 9.10. The summed E-state index contributed by atoms with van der Waals surface area (Å²) in [5.74, 6) is 0. The molecule has 23 heavy (non-hydrogen) atoms. The highest BCUT2D eigenvalue weighted by atomic mass is 79.9. The molecular weight excluding hydrogens is 444 g/mol. The predicted octanol–water partition coefficient (Wildman–Crippen LogP) is 4.32. The fourth-order valence-electron chi connectivity index (χ4n) is 2.54. The average molecular weight is 458 g/mol. The number of benzene rings is 2. The van der Waals surface area contributed by atoms with Gasteiger partial charge in [-0.3, -0.25) is 0 Å². The molecule has 0 saturated carbocycles. The molecule has 0 saturated heterocycles. The summed E-state index contributed by atoms with van der Waals surface area (Å²) in [5.41, 5.74) is 2.63. The quantitative estimate of drug-likeness (QED) is 0.688. The monoisotopic (exact) mass is 456 g/mol. The SMILES string of the molecule is CS(=O)(=O)N1N=C(c2ccc(Br)cc2)C[C@@H]1c1ccc(Br)cc1. The first-order valence-electron chi connectivity index (χ1n) is 6.93. The van der Waals surface area contributed by atoms with E-state index in [-0.39, 0.29) is 6.04 Å². The van der Waals surface area contributed by atoms with Crippen LogP contribution in [0.2, 0.25) is 0 Å². The fraction of sp³-hybridized carbons (Fsp3) is 0.188. The van der Waals surface area contributed by atoms with Gasteiger partial charge >= 0.3 is 0 Å². The normalized spacial score (nSPS) is 18.1. The van der Waals surface area contributed by atoms with Crippen molar-refractivity contribution in [2.24, 2.45) is 5.10 Å². The largest absolute Gasteiger partial charge is 0.247 e. The number of hydrogen-bond acceptors (Lipinski definition) is 3. The van der Waals surface area contributed by atoms with Gasteiger partial charge in [0.2, 0.25) is 10.0 Å². The molecule has 2 aromatic rings. The average Bonchev–Trinajstić information content (AvgIpc) is 2.94. The lowest BCUT2D eigenvalue weighted by Gasteiger charge is -2.21. The van der Waals surface area contributed by atoms with E-state index in [4.69, 9.17) is 0 Å². The van der Waals surface area contributed by atoms with E-state index in [9.17, 15) is 8.42 Å². The van der Waals surface area contributed by atoms with Gasteiger partial charge in [-0.1, -0.05) is 56.1 Å². The molecule has 0 aromatic heterocycles. The molecule has 7 heteroatoms. The van der Waals surface area contributed by atoms with Crippen LogP contribution in [0.15, 0.2) is 62.6 Å². The highest BCUT2D eigenvalue weighted by Gasteiger charge is 2.34. The Morgan fingerprint density at radius 3 is 2.04 bits per heavy atom. The molecule has 4 nitrogen and oxygen atoms in total. The van der Waals surface area contributed by atoms with Crippen LogP contribution in [-0.2, 0) is 10.0 Å². The van der Waals surface area contributed by atoms with Crippen molar-refractivity contribution < 1.29 is 8.42 Å². The first-order valence-corrected chi connectivity index (χ1v) is 10.4. The fourth-order valence-corrected chi connectivity index (χ4v) is 3.98. The van der Waals surface area contributed by atoms with Gasteiger partial charge in [0.05, 0.1) is 18.0 Å². The van der Waals surface area contributed by atoms with E-state index in [1.807, 2.05) is 48.5 Å². The summed E-state index contributed by atoms with van der Waals surface area (Å²) in [7, 11) is -3.43. The van der Waals surface area contributed by atoms with E-state index in [0.717, 1.165) is 25.8 Å². The van der Waals surface area contributed by atoms with Crippen molar-refractivity contribution in [3.63, 3.8) is 0 Å². The first-order chi connectivity index (χ1) is 10.8. The molecule has 0 unspecified atom stereocenters. The Kier molecular flexibility index (Phi) is 4.62. The zero-order valence-corrected chi connectivity index (χ0v) is 16.3. The maximum atomic E-state index is 12.1. The van der Waals surface area contributed by atoms with Gasteiger partial charge in [-0.05, 0) is 35.4 Å². The van der Waals surface area contributed by atoms with Gasteiger partial charge in [-0.25, -0.2) is 8.42 Å². The molecule has 1 heterocycles. The van der Waals surface area contributed by atoms with Crippen molar-refractivity contribution in [3.8, 4) is 0 Å². The van der Waals surface area contributed by atoms with Gasteiger partial charge in [0, 0.05) is 15.4 Å². The summed E-state index contributed by atoms with van der Waals surface area (Å²) in [6, 6.07) is 15.1. The molecule has 1 aliphatic rings. The van der Waals surface area contributed by atoms with E-state index in [0.29, 0.717) is 6.42 Å². The van der Waals surface area contributed by atoms with Crippen molar-refractivity contribution in [1.29, 1.82) is 0 Å². The van der Waals surface area contributed by atoms with E-state index >= 15 is 0 Å². The summed E-state index contributed by atoms with van der Waals surface area (Å²) < 4.78 is 27.4. The first kappa shape index (κ1) is 16.7. The Hall–Kier alpha value is -1.18. The maximum absolute atomic E-state index is 12.1. The summed E-state index contributed by atoms with van der Waals surface area (Å²) >= 11 is 6.80. The van der Waals surface area contributed by atoms with Gasteiger partial charge in [0.25, 0.3) is 0 Å². The molecule has 3 rings (SSSR count). The second-order valence-corrected chi connectivity index (χ2v) is 9.03. The van der Waals surface area contributed by atoms with Crippen LogP contribution in [0, 0.1) is 0 Å². The van der Waals surface area contributed by atoms with Gasteiger partial charge < -0.3 is 0 Å². The predicted molar refractivity (Wildman–Crippen MR) is 98.9 cm³/mol. The minimum atomic E-state index is -3.43. The zero-order valence-electron chi connectivity index (χ0n) is 12.3. The van der Waals surface area contributed by atoms with Crippen LogP contribution >= 0.6 is 31.9 Å². The van der Waals surface area contributed by atoms with Gasteiger partial charge in [-0.15, -0.1) is 0 Å². The van der Waals surface area contributed by atoms with E-state index in [1.54, 1.807) is 0 Å². The Bertz CT molecular complexity index is 847. The Morgan fingerprint density at radius 1 is 1.00 bits per heavy atom. The molecule has 0 aliphatic carbocycles. The third kappa shape index (κ3) is 3.67. The third-order valence-corrected chi connectivity index (χ3v) is 5.72. The molecular formula is C16H14Br2N2O2S. The minimum Gasteiger partial charge on any atom is -0.205 e. The van der Waals surface area contributed by atoms with Crippen molar-refractivity contribution >= 4 is 47.6 Å². The van der Waals surface area contributed by atoms with Gasteiger partial charge in [0.1, 0.15) is 0 Å². The number of hydrazone groups is 1. The smallest absolute Gasteiger partial charge is 0.205 e. The van der Waals surface area contributed by atoms with Crippen LogP contribution in [0.1, 0.15) is 23.6 Å². The van der Waals surface area contributed by atoms with Crippen molar-refractivity contribution in [3.05, 3.63) is 68.6 Å². The van der Waals surface area contributed by atoms with Crippen molar-refractivity contribution in [1.82, 2.24) is 4.41 Å². The lowest BCUT2D eigenvalue weighted by molar-refractivity contribution is 0.375. The zero-order chi connectivity index (χ0) is 16.6. The number of nitrogens with zero attached hydrogens (tertiary/aromatic N) is 2. The van der Waals surface area contributed by atoms with Crippen LogP contribution in [-0.4, -0.2) is 24.8 Å². The van der Waals surface area contributed by atoms with Crippen LogP contribution < -0.4 is 0 Å². The van der Waals surface area contributed by atoms with Gasteiger partial charge in [-0.2, -0.15) is 9.52 Å². The summed E-state index contributed by atoms with van der Waals surface area (Å²) in [5, 5.41) is 4.37. The molecule has 0 amide bonds. The second-order valence-electron chi connectivity index (χ2n) is 5.36. The number of sulfonamides is 1. The number of rotatable bonds is 3. The molecule has 1 atom stereocenters. The molecule has 0 spiro atoms. The van der Waals surface area contributed by atoms with Crippen LogP contribution in [0.4, 0.5) is 0 Å². The molecule has 1 aliphatic heterocycles. The standard InChI is InChI=1S/C16H14Br2N2O2S/c1-23(21,22)20-16(12-4-8-14(18)9-5-12)10-15(19-20)11-2-6-13(17)7-3-11/h2-9,16H,10H2,1H3/t16-/m1/s1. The third-order valence-electron chi connectivity index (χ3n) is 3.64. The number of hydrogen-bond donors (Lipinski definition) is 0. The molecule has 0 fully saturated rings. The van der Waals surface area contributed by atoms with E-state index in [1.165, 1.54) is 10.7 Å². The molecule has 120 valence electrons. The maximum Gasteiger partial charge on any atom is 0.247 e. The van der Waals surface area contributed by atoms with Crippen LogP contribution in [0.5, 0.6) is 0 Å². The minimum absolute atomic E-state index is 0.309. The van der Waals surface area contributed by atoms with E-state index < -0.39 is 10.0 Å². The Balaban J connectivity index is 1.99. The van der Waals surface area contributed by atoms with Crippen LogP contribution in [0.3, 0.4) is 0 Å². The number of halogens is 2. The lowest BCUT2D eigenvalue weighted by atomic mass is 9.99. The lowest BCUT2D eigenvalue weighted by Crippen LogP contribution is -2.25. The second kappa shape index (κ2) is 6.37.